The van der Waals surface area contributed by atoms with Crippen LogP contribution in [0, 0.1) is 0 Å². The number of rotatable bonds is 15. The fraction of sp³-hybridized carbons (Fsp3) is 0.842. The molecule has 0 radical (unpaired) electrons. The van der Waals surface area contributed by atoms with Gasteiger partial charge in [0, 0.05) is 6.42 Å². The highest BCUT2D eigenvalue weighted by Gasteiger charge is 2.00. The normalized spacial score (nSPS) is 12.7. The van der Waals surface area contributed by atoms with Crippen LogP contribution in [0.1, 0.15) is 90.4 Å². The maximum atomic E-state index is 10.9. The number of unbranched alkanes of at least 4 members (excludes halogenated alkanes) is 9. The minimum Gasteiger partial charge on any atom is -0.469 e. The Bertz CT molecular complexity index is 274. The molecular formula is C19H36O3. The molecule has 0 aromatic rings. The van der Waals surface area contributed by atoms with Gasteiger partial charge in [-0.2, -0.15) is 0 Å². The predicted molar refractivity (Wildman–Crippen MR) is 92.9 cm³/mol. The number of esters is 1. The van der Waals surface area contributed by atoms with E-state index in [1.807, 2.05) is 12.2 Å². The first-order valence-corrected chi connectivity index (χ1v) is 9.12. The first-order chi connectivity index (χ1) is 10.7. The third-order valence-electron chi connectivity index (χ3n) is 3.94. The van der Waals surface area contributed by atoms with Crippen molar-refractivity contribution in [1.82, 2.24) is 0 Å². The van der Waals surface area contributed by atoms with Crippen LogP contribution in [0.5, 0.6) is 0 Å². The molecule has 0 saturated heterocycles. The monoisotopic (exact) mass is 312 g/mol. The van der Waals surface area contributed by atoms with Crippen LogP contribution in [0.4, 0.5) is 0 Å². The molecule has 0 bridgehead atoms. The molecule has 130 valence electrons. The number of allylic oxidation sites excluding steroid dienone is 1. The van der Waals surface area contributed by atoms with E-state index in [4.69, 9.17) is 0 Å². The Hall–Kier alpha value is -0.830. The van der Waals surface area contributed by atoms with Crippen molar-refractivity contribution >= 4 is 5.97 Å². The van der Waals surface area contributed by atoms with Crippen LogP contribution in [0.15, 0.2) is 12.2 Å². The van der Waals surface area contributed by atoms with Gasteiger partial charge in [-0.05, 0) is 25.7 Å². The minimum atomic E-state index is -0.305. The molecule has 1 atom stereocenters. The first kappa shape index (κ1) is 21.2. The number of methoxy groups -OCH3 is 1. The lowest BCUT2D eigenvalue weighted by Gasteiger charge is -2.05. The van der Waals surface area contributed by atoms with Crippen LogP contribution in [0.3, 0.4) is 0 Å². The summed E-state index contributed by atoms with van der Waals surface area (Å²) in [6.45, 7) is 2.24. The van der Waals surface area contributed by atoms with Crippen molar-refractivity contribution in [1.29, 1.82) is 0 Å². The van der Waals surface area contributed by atoms with E-state index in [-0.39, 0.29) is 12.1 Å². The van der Waals surface area contributed by atoms with Gasteiger partial charge in [-0.1, -0.05) is 70.4 Å². The van der Waals surface area contributed by atoms with Crippen molar-refractivity contribution in [3.63, 3.8) is 0 Å². The highest BCUT2D eigenvalue weighted by molar-refractivity contribution is 5.68. The smallest absolute Gasteiger partial charge is 0.305 e. The molecule has 0 amide bonds. The molecule has 0 fully saturated rings. The molecule has 0 spiro atoms. The molecule has 0 aliphatic rings. The third-order valence-corrected chi connectivity index (χ3v) is 3.94. The average Bonchev–Trinajstić information content (AvgIpc) is 2.52. The highest BCUT2D eigenvalue weighted by atomic mass is 16.5. The van der Waals surface area contributed by atoms with Gasteiger partial charge < -0.3 is 9.84 Å². The summed E-state index contributed by atoms with van der Waals surface area (Å²) in [5.41, 5.74) is 0. The van der Waals surface area contributed by atoms with Gasteiger partial charge in [-0.25, -0.2) is 0 Å². The summed E-state index contributed by atoms with van der Waals surface area (Å²) >= 11 is 0. The Morgan fingerprint density at radius 3 is 2.27 bits per heavy atom. The Labute approximate surface area is 137 Å². The van der Waals surface area contributed by atoms with E-state index in [0.717, 1.165) is 32.1 Å². The van der Waals surface area contributed by atoms with E-state index >= 15 is 0 Å². The second-order valence-electron chi connectivity index (χ2n) is 6.08. The quantitative estimate of drug-likeness (QED) is 0.258. The SMILES string of the molecule is CCCCCCCCCCC(O)/C=C\CCCCC(=O)OC. The standard InChI is InChI=1S/C19H36O3/c1-3-4-5-6-7-8-9-12-15-18(20)16-13-10-11-14-17-19(21)22-2/h13,16,18,20H,3-12,14-15,17H2,1-2H3/b16-13-. The lowest BCUT2D eigenvalue weighted by molar-refractivity contribution is -0.140. The van der Waals surface area contributed by atoms with Crippen LogP contribution in [0.2, 0.25) is 0 Å². The predicted octanol–water partition coefficient (Wildman–Crippen LogP) is 5.17. The fourth-order valence-electron chi connectivity index (χ4n) is 2.47. The molecular weight excluding hydrogens is 276 g/mol. The van der Waals surface area contributed by atoms with Crippen LogP contribution in [0.25, 0.3) is 0 Å². The highest BCUT2D eigenvalue weighted by Crippen LogP contribution is 2.11. The number of carbonyl (C=O) groups is 1. The van der Waals surface area contributed by atoms with Gasteiger partial charge in [0.05, 0.1) is 13.2 Å². The van der Waals surface area contributed by atoms with Gasteiger partial charge in [0.2, 0.25) is 0 Å². The van der Waals surface area contributed by atoms with E-state index < -0.39 is 0 Å². The molecule has 22 heavy (non-hydrogen) atoms. The number of carbonyl (C=O) groups excluding carboxylic acids is 1. The van der Waals surface area contributed by atoms with Gasteiger partial charge in [0.1, 0.15) is 0 Å². The van der Waals surface area contributed by atoms with Crippen LogP contribution in [-0.4, -0.2) is 24.3 Å². The fourth-order valence-corrected chi connectivity index (χ4v) is 2.47. The molecule has 3 nitrogen and oxygen atoms in total. The average molecular weight is 312 g/mol. The number of aliphatic hydroxyl groups excluding tert-OH is 1. The van der Waals surface area contributed by atoms with E-state index in [1.165, 1.54) is 52.1 Å². The summed E-state index contributed by atoms with van der Waals surface area (Å²) in [7, 11) is 1.42. The molecule has 0 aliphatic carbocycles. The number of hydrogen-bond acceptors (Lipinski definition) is 3. The number of hydrogen-bond donors (Lipinski definition) is 1. The first-order valence-electron chi connectivity index (χ1n) is 9.12. The molecule has 3 heteroatoms. The molecule has 1 unspecified atom stereocenters. The van der Waals surface area contributed by atoms with Crippen molar-refractivity contribution < 1.29 is 14.6 Å². The van der Waals surface area contributed by atoms with Crippen LogP contribution >= 0.6 is 0 Å². The zero-order valence-corrected chi connectivity index (χ0v) is 14.7. The van der Waals surface area contributed by atoms with Crippen molar-refractivity contribution in [2.24, 2.45) is 0 Å². The summed E-state index contributed by atoms with van der Waals surface area (Å²) in [5, 5.41) is 9.84. The van der Waals surface area contributed by atoms with E-state index in [2.05, 4.69) is 11.7 Å². The molecule has 0 saturated carbocycles. The molecule has 0 heterocycles. The maximum Gasteiger partial charge on any atom is 0.305 e. The largest absolute Gasteiger partial charge is 0.469 e. The molecule has 0 rings (SSSR count). The zero-order chi connectivity index (χ0) is 16.5. The summed E-state index contributed by atoms with van der Waals surface area (Å²) < 4.78 is 4.59. The summed E-state index contributed by atoms with van der Waals surface area (Å²) in [5.74, 6) is -0.140. The zero-order valence-electron chi connectivity index (χ0n) is 14.7. The Balaban J connectivity index is 3.32. The Kier molecular flexibility index (Phi) is 15.9. The second-order valence-corrected chi connectivity index (χ2v) is 6.08. The van der Waals surface area contributed by atoms with Gasteiger partial charge in [-0.3, -0.25) is 4.79 Å². The van der Waals surface area contributed by atoms with Gasteiger partial charge in [-0.15, -0.1) is 0 Å². The number of aliphatic hydroxyl groups is 1. The minimum absolute atomic E-state index is 0.140. The van der Waals surface area contributed by atoms with Crippen molar-refractivity contribution in [2.45, 2.75) is 96.5 Å². The van der Waals surface area contributed by atoms with Crippen molar-refractivity contribution in [3.8, 4) is 0 Å². The Morgan fingerprint density at radius 2 is 1.64 bits per heavy atom. The van der Waals surface area contributed by atoms with Crippen molar-refractivity contribution in [2.75, 3.05) is 7.11 Å². The topological polar surface area (TPSA) is 46.5 Å². The molecule has 0 aromatic heterocycles. The van der Waals surface area contributed by atoms with Crippen LogP contribution < -0.4 is 0 Å². The summed E-state index contributed by atoms with van der Waals surface area (Å²) in [6.07, 6.45) is 18.1. The van der Waals surface area contributed by atoms with E-state index in [1.54, 1.807) is 0 Å². The third kappa shape index (κ3) is 15.6. The number of ether oxygens (including phenoxy) is 1. The molecule has 0 aliphatic heterocycles. The lowest BCUT2D eigenvalue weighted by Crippen LogP contribution is -2.01. The maximum absolute atomic E-state index is 10.9. The van der Waals surface area contributed by atoms with E-state index in [0.29, 0.717) is 6.42 Å². The second kappa shape index (κ2) is 16.5. The Morgan fingerprint density at radius 1 is 1.00 bits per heavy atom. The van der Waals surface area contributed by atoms with Gasteiger partial charge in [0.15, 0.2) is 0 Å². The lowest BCUT2D eigenvalue weighted by atomic mass is 10.1. The summed E-state index contributed by atoms with van der Waals surface area (Å²) in [6, 6.07) is 0. The van der Waals surface area contributed by atoms with Crippen LogP contribution in [-0.2, 0) is 9.53 Å². The van der Waals surface area contributed by atoms with E-state index in [9.17, 15) is 9.90 Å². The summed E-state index contributed by atoms with van der Waals surface area (Å²) in [4.78, 5) is 10.9. The van der Waals surface area contributed by atoms with Gasteiger partial charge >= 0.3 is 5.97 Å². The molecule has 1 N–H and O–H groups in total. The van der Waals surface area contributed by atoms with Gasteiger partial charge in [0.25, 0.3) is 0 Å². The van der Waals surface area contributed by atoms with Crippen molar-refractivity contribution in [3.05, 3.63) is 12.2 Å². The molecule has 0 aromatic carbocycles.